The quantitative estimate of drug-likeness (QED) is 0.843. The minimum atomic E-state index is -1.10. The Morgan fingerprint density at radius 3 is 2.65 bits per heavy atom. The normalized spacial score (nSPS) is 12.4. The van der Waals surface area contributed by atoms with Gasteiger partial charge >= 0.3 is 5.97 Å². The summed E-state index contributed by atoms with van der Waals surface area (Å²) in [5, 5.41) is 8.56. The molecule has 0 radical (unpaired) electrons. The van der Waals surface area contributed by atoms with Crippen molar-refractivity contribution in [1.29, 1.82) is 0 Å². The summed E-state index contributed by atoms with van der Waals surface area (Å²) >= 11 is 0. The second-order valence-electron chi connectivity index (χ2n) is 4.58. The third-order valence-electron chi connectivity index (χ3n) is 3.21. The molecule has 0 spiro atoms. The molecule has 108 valence electrons. The Kier molecular flexibility index (Phi) is 5.43. The molecule has 20 heavy (non-hydrogen) atoms. The van der Waals surface area contributed by atoms with E-state index in [1.807, 2.05) is 13.8 Å². The van der Waals surface area contributed by atoms with E-state index in [1.165, 1.54) is 29.2 Å². The van der Waals surface area contributed by atoms with Crippen molar-refractivity contribution in [1.82, 2.24) is 4.90 Å². The van der Waals surface area contributed by atoms with Gasteiger partial charge in [0.05, 0.1) is 5.56 Å². The Morgan fingerprint density at radius 1 is 1.45 bits per heavy atom. The highest BCUT2D eigenvalue weighted by Crippen LogP contribution is 2.16. The van der Waals surface area contributed by atoms with E-state index in [0.717, 1.165) is 12.5 Å². The van der Waals surface area contributed by atoms with E-state index in [4.69, 9.17) is 5.11 Å². The molecule has 0 saturated heterocycles. The Balaban J connectivity index is 3.08. The number of benzene rings is 1. The van der Waals surface area contributed by atoms with Crippen LogP contribution in [0.25, 0.3) is 6.08 Å². The number of carbonyl (C=O) groups excluding carboxylic acids is 1. The first-order valence-corrected chi connectivity index (χ1v) is 6.34. The number of carbonyl (C=O) groups is 2. The highest BCUT2D eigenvalue weighted by Gasteiger charge is 2.19. The van der Waals surface area contributed by atoms with Crippen molar-refractivity contribution in [2.24, 2.45) is 0 Å². The number of aliphatic carboxylic acids is 1. The molecule has 1 aromatic rings. The second kappa shape index (κ2) is 6.84. The van der Waals surface area contributed by atoms with Gasteiger partial charge in [-0.15, -0.1) is 0 Å². The zero-order chi connectivity index (χ0) is 15.3. The third kappa shape index (κ3) is 3.91. The predicted octanol–water partition coefficient (Wildman–Crippen LogP) is 2.79. The van der Waals surface area contributed by atoms with Crippen molar-refractivity contribution >= 4 is 18.0 Å². The molecular formula is C15H18FNO3. The lowest BCUT2D eigenvalue weighted by Gasteiger charge is -2.24. The van der Waals surface area contributed by atoms with Gasteiger partial charge in [-0.3, -0.25) is 4.79 Å². The molecule has 0 heterocycles. The SMILES string of the molecule is CCC(C)N(C)C(=O)c1cc(C=CC(=O)O)ccc1F. The summed E-state index contributed by atoms with van der Waals surface area (Å²) in [4.78, 5) is 24.1. The van der Waals surface area contributed by atoms with Gasteiger partial charge in [0.1, 0.15) is 5.82 Å². The topological polar surface area (TPSA) is 57.6 Å². The van der Waals surface area contributed by atoms with Crippen molar-refractivity contribution < 1.29 is 19.1 Å². The van der Waals surface area contributed by atoms with Gasteiger partial charge in [0.15, 0.2) is 0 Å². The van der Waals surface area contributed by atoms with Gasteiger partial charge in [0.25, 0.3) is 5.91 Å². The zero-order valence-electron chi connectivity index (χ0n) is 11.8. The van der Waals surface area contributed by atoms with Gasteiger partial charge in [0.2, 0.25) is 0 Å². The highest BCUT2D eigenvalue weighted by atomic mass is 19.1. The maximum Gasteiger partial charge on any atom is 0.328 e. The van der Waals surface area contributed by atoms with Crippen molar-refractivity contribution in [3.05, 3.63) is 41.2 Å². The number of hydrogen-bond acceptors (Lipinski definition) is 2. The number of nitrogens with zero attached hydrogens (tertiary/aromatic N) is 1. The number of amides is 1. The van der Waals surface area contributed by atoms with Gasteiger partial charge < -0.3 is 10.0 Å². The third-order valence-corrected chi connectivity index (χ3v) is 3.21. The molecule has 0 aliphatic heterocycles. The monoisotopic (exact) mass is 279 g/mol. The first-order valence-electron chi connectivity index (χ1n) is 6.34. The smallest absolute Gasteiger partial charge is 0.328 e. The fourth-order valence-corrected chi connectivity index (χ4v) is 1.64. The van der Waals surface area contributed by atoms with Crippen LogP contribution in [0.3, 0.4) is 0 Å². The number of halogens is 1. The molecular weight excluding hydrogens is 261 g/mol. The minimum Gasteiger partial charge on any atom is -0.478 e. The number of carboxylic acid groups (broad SMARTS) is 1. The maximum absolute atomic E-state index is 13.8. The first-order chi connectivity index (χ1) is 9.36. The van der Waals surface area contributed by atoms with Crippen LogP contribution in [0.2, 0.25) is 0 Å². The summed E-state index contributed by atoms with van der Waals surface area (Å²) in [6, 6.07) is 3.95. The molecule has 1 atom stereocenters. The van der Waals surface area contributed by atoms with Crippen LogP contribution in [0.4, 0.5) is 4.39 Å². The largest absolute Gasteiger partial charge is 0.478 e. The Bertz CT molecular complexity index is 540. The van der Waals surface area contributed by atoms with Crippen molar-refractivity contribution in [2.75, 3.05) is 7.05 Å². The van der Waals surface area contributed by atoms with Crippen LogP contribution >= 0.6 is 0 Å². The Hall–Kier alpha value is -2.17. The van der Waals surface area contributed by atoms with Crippen LogP contribution in [0.5, 0.6) is 0 Å². The summed E-state index contributed by atoms with van der Waals surface area (Å²) < 4.78 is 13.8. The van der Waals surface area contributed by atoms with E-state index in [9.17, 15) is 14.0 Å². The summed E-state index contributed by atoms with van der Waals surface area (Å²) in [5.41, 5.74) is 0.412. The van der Waals surface area contributed by atoms with Crippen LogP contribution in [0, 0.1) is 5.82 Å². The van der Waals surface area contributed by atoms with Crippen molar-refractivity contribution in [3.63, 3.8) is 0 Å². The van der Waals surface area contributed by atoms with E-state index in [1.54, 1.807) is 7.05 Å². The standard InChI is InChI=1S/C15H18FNO3/c1-4-10(2)17(3)15(20)12-9-11(5-7-13(12)16)6-8-14(18)19/h5-10H,4H2,1-3H3,(H,18,19). The molecule has 0 saturated carbocycles. The summed E-state index contributed by atoms with van der Waals surface area (Å²) in [7, 11) is 1.62. The molecule has 0 fully saturated rings. The number of rotatable bonds is 5. The summed E-state index contributed by atoms with van der Waals surface area (Å²) in [6.45, 7) is 3.82. The molecule has 0 aliphatic rings. The molecule has 1 aromatic carbocycles. The average molecular weight is 279 g/mol. The molecule has 4 nitrogen and oxygen atoms in total. The van der Waals surface area contributed by atoms with E-state index in [-0.39, 0.29) is 11.6 Å². The molecule has 1 N–H and O–H groups in total. The van der Waals surface area contributed by atoms with Gasteiger partial charge in [0, 0.05) is 19.2 Å². The van der Waals surface area contributed by atoms with Crippen molar-refractivity contribution in [3.8, 4) is 0 Å². The molecule has 0 bridgehead atoms. The molecule has 1 amide bonds. The van der Waals surface area contributed by atoms with Crippen molar-refractivity contribution in [2.45, 2.75) is 26.3 Å². The van der Waals surface area contributed by atoms with Gasteiger partial charge in [-0.1, -0.05) is 13.0 Å². The zero-order valence-corrected chi connectivity index (χ0v) is 11.8. The van der Waals surface area contributed by atoms with E-state index in [0.29, 0.717) is 5.56 Å². The molecule has 5 heteroatoms. The van der Waals surface area contributed by atoms with Crippen LogP contribution in [0.1, 0.15) is 36.2 Å². The predicted molar refractivity (Wildman–Crippen MR) is 74.9 cm³/mol. The Labute approximate surface area is 117 Å². The Morgan fingerprint density at radius 2 is 2.10 bits per heavy atom. The van der Waals surface area contributed by atoms with Crippen LogP contribution in [0.15, 0.2) is 24.3 Å². The van der Waals surface area contributed by atoms with Crippen LogP contribution in [-0.4, -0.2) is 35.0 Å². The number of carboxylic acids is 1. The molecule has 0 aromatic heterocycles. The fourth-order valence-electron chi connectivity index (χ4n) is 1.64. The van der Waals surface area contributed by atoms with E-state index < -0.39 is 17.7 Å². The van der Waals surface area contributed by atoms with Gasteiger partial charge in [-0.05, 0) is 37.1 Å². The second-order valence-corrected chi connectivity index (χ2v) is 4.58. The highest BCUT2D eigenvalue weighted by molar-refractivity contribution is 5.95. The van der Waals surface area contributed by atoms with Gasteiger partial charge in [-0.2, -0.15) is 0 Å². The number of hydrogen-bond donors (Lipinski definition) is 1. The lowest BCUT2D eigenvalue weighted by atomic mass is 10.1. The molecule has 0 aliphatic carbocycles. The summed E-state index contributed by atoms with van der Waals surface area (Å²) in [6.07, 6.45) is 3.03. The fraction of sp³-hybridized carbons (Fsp3) is 0.333. The lowest BCUT2D eigenvalue weighted by molar-refractivity contribution is -0.131. The summed E-state index contributed by atoms with van der Waals surface area (Å²) in [5.74, 6) is -2.13. The van der Waals surface area contributed by atoms with Crippen LogP contribution in [-0.2, 0) is 4.79 Å². The minimum absolute atomic E-state index is 0.000109. The maximum atomic E-state index is 13.8. The van der Waals surface area contributed by atoms with Gasteiger partial charge in [-0.25, -0.2) is 9.18 Å². The average Bonchev–Trinajstić information content (AvgIpc) is 2.43. The molecule has 1 rings (SSSR count). The lowest BCUT2D eigenvalue weighted by Crippen LogP contribution is -2.35. The van der Waals surface area contributed by atoms with Crippen LogP contribution < -0.4 is 0 Å². The van der Waals surface area contributed by atoms with E-state index in [2.05, 4.69) is 0 Å². The molecule has 1 unspecified atom stereocenters. The van der Waals surface area contributed by atoms with E-state index >= 15 is 0 Å². The first kappa shape index (κ1) is 15.9.